The largest absolute Gasteiger partial charge is 0.785 e. The van der Waals surface area contributed by atoms with Crippen LogP contribution in [0.5, 0.6) is 0 Å². The molecule has 1 saturated heterocycles. The van der Waals surface area contributed by atoms with Gasteiger partial charge in [-0.25, -0.2) is 4.79 Å². The first-order chi connectivity index (χ1) is 5.82. The Balaban J connectivity index is 2.65. The molecule has 5 nitrogen and oxygen atoms in total. The fourth-order valence-corrected chi connectivity index (χ4v) is 1.57. The predicted octanol–water partition coefficient (Wildman–Crippen LogP) is 0.947. The highest BCUT2D eigenvalue weighted by molar-refractivity contribution is 5.66. The van der Waals surface area contributed by atoms with Crippen molar-refractivity contribution in [1.29, 1.82) is 0 Å². The Morgan fingerprint density at radius 2 is 2.00 bits per heavy atom. The van der Waals surface area contributed by atoms with Crippen LogP contribution in [0.25, 0.3) is 0 Å². The highest BCUT2D eigenvalue weighted by Gasteiger charge is 2.37. The van der Waals surface area contributed by atoms with E-state index in [1.165, 1.54) is 4.90 Å². The summed E-state index contributed by atoms with van der Waals surface area (Å²) in [6, 6.07) is -0.144. The number of carbonyl (C=O) groups is 1. The third-order valence-corrected chi connectivity index (χ3v) is 2.12. The highest BCUT2D eigenvalue weighted by atomic mass is 16.5. The minimum Gasteiger partial charge on any atom is -0.785 e. The molecule has 0 atom stereocenters. The van der Waals surface area contributed by atoms with Gasteiger partial charge in [-0.2, -0.15) is 0 Å². The second kappa shape index (κ2) is 3.16. The van der Waals surface area contributed by atoms with E-state index in [1.54, 1.807) is 0 Å². The molecular formula is C8H15N2O3-. The standard InChI is InChI=1S/C8H15N2O3/c1-8(2,3)10(7(11)12)6-4-9(13)5-6/h6H,4-5H2,1-3H3,(H,11,12)/q-1. The van der Waals surface area contributed by atoms with Crippen LogP contribution in [0.4, 0.5) is 4.79 Å². The smallest absolute Gasteiger partial charge is 0.408 e. The lowest BCUT2D eigenvalue weighted by Crippen LogP contribution is -2.63. The van der Waals surface area contributed by atoms with Gasteiger partial charge in [0.05, 0.1) is 6.04 Å². The van der Waals surface area contributed by atoms with Gasteiger partial charge in [0.2, 0.25) is 0 Å². The van der Waals surface area contributed by atoms with Crippen molar-refractivity contribution in [3.05, 3.63) is 5.21 Å². The molecule has 0 saturated carbocycles. The van der Waals surface area contributed by atoms with Crippen molar-refractivity contribution in [2.45, 2.75) is 32.4 Å². The third kappa shape index (κ3) is 2.10. The molecule has 0 bridgehead atoms. The van der Waals surface area contributed by atoms with Crippen molar-refractivity contribution < 1.29 is 9.90 Å². The number of hydroxylamine groups is 2. The fourth-order valence-electron chi connectivity index (χ4n) is 1.57. The van der Waals surface area contributed by atoms with Crippen LogP contribution in [-0.4, -0.2) is 45.8 Å². The van der Waals surface area contributed by atoms with Gasteiger partial charge in [0.15, 0.2) is 0 Å². The van der Waals surface area contributed by atoms with E-state index in [0.29, 0.717) is 13.1 Å². The SMILES string of the molecule is CC(C)(C)N(C(=O)O)C1CN([O-])C1. The van der Waals surface area contributed by atoms with Gasteiger partial charge in [-0.1, -0.05) is 0 Å². The lowest BCUT2D eigenvalue weighted by atomic mass is 10.0. The van der Waals surface area contributed by atoms with Gasteiger partial charge < -0.3 is 15.4 Å². The van der Waals surface area contributed by atoms with E-state index >= 15 is 0 Å². The molecule has 1 aliphatic rings. The van der Waals surface area contributed by atoms with Crippen LogP contribution in [0, 0.1) is 5.21 Å². The van der Waals surface area contributed by atoms with Crippen LogP contribution in [0.2, 0.25) is 0 Å². The summed E-state index contributed by atoms with van der Waals surface area (Å²) in [7, 11) is 0. The molecule has 0 aromatic rings. The van der Waals surface area contributed by atoms with Gasteiger partial charge >= 0.3 is 6.09 Å². The number of amides is 1. The Kier molecular flexibility index (Phi) is 2.49. The topological polar surface area (TPSA) is 66.8 Å². The first-order valence-electron chi connectivity index (χ1n) is 4.26. The molecule has 0 aromatic carbocycles. The molecule has 1 fully saturated rings. The van der Waals surface area contributed by atoms with Gasteiger partial charge in [-0.3, -0.25) is 4.90 Å². The molecular weight excluding hydrogens is 172 g/mol. The molecule has 0 unspecified atom stereocenters. The van der Waals surface area contributed by atoms with E-state index in [-0.39, 0.29) is 6.04 Å². The van der Waals surface area contributed by atoms with Gasteiger partial charge in [-0.05, 0) is 20.8 Å². The van der Waals surface area contributed by atoms with Gasteiger partial charge in [0.1, 0.15) is 0 Å². The number of rotatable bonds is 1. The fraction of sp³-hybridized carbons (Fsp3) is 0.875. The monoisotopic (exact) mass is 187 g/mol. The maximum absolute atomic E-state index is 10.9. The first kappa shape index (κ1) is 10.3. The molecule has 76 valence electrons. The lowest BCUT2D eigenvalue weighted by molar-refractivity contribution is 0.0140. The van der Waals surface area contributed by atoms with E-state index in [0.717, 1.165) is 5.06 Å². The maximum Gasteiger partial charge on any atom is 0.408 e. The first-order valence-corrected chi connectivity index (χ1v) is 4.26. The summed E-state index contributed by atoms with van der Waals surface area (Å²) in [5, 5.41) is 20.5. The quantitative estimate of drug-likeness (QED) is 0.663. The lowest BCUT2D eigenvalue weighted by Gasteiger charge is -2.52. The Morgan fingerprint density at radius 1 is 1.54 bits per heavy atom. The van der Waals surface area contributed by atoms with Crippen LogP contribution < -0.4 is 0 Å². The van der Waals surface area contributed by atoms with E-state index in [4.69, 9.17) is 5.11 Å². The van der Waals surface area contributed by atoms with Gasteiger partial charge in [0.25, 0.3) is 0 Å². The zero-order valence-electron chi connectivity index (χ0n) is 8.15. The Hall–Kier alpha value is -0.810. The van der Waals surface area contributed by atoms with E-state index < -0.39 is 11.6 Å². The van der Waals surface area contributed by atoms with Crippen LogP contribution in [0.1, 0.15) is 20.8 Å². The van der Waals surface area contributed by atoms with Crippen LogP contribution >= 0.6 is 0 Å². The number of carboxylic acid groups (broad SMARTS) is 1. The zero-order chi connectivity index (χ0) is 10.2. The molecule has 0 aliphatic carbocycles. The number of hydrogen-bond donors (Lipinski definition) is 1. The van der Waals surface area contributed by atoms with E-state index in [2.05, 4.69) is 0 Å². The molecule has 1 amide bonds. The van der Waals surface area contributed by atoms with Crippen LogP contribution in [0.3, 0.4) is 0 Å². The predicted molar refractivity (Wildman–Crippen MR) is 48.3 cm³/mol. The van der Waals surface area contributed by atoms with Crippen molar-refractivity contribution in [3.63, 3.8) is 0 Å². The van der Waals surface area contributed by atoms with Crippen molar-refractivity contribution in [2.24, 2.45) is 0 Å². The Bertz CT molecular complexity index is 206. The molecule has 5 heteroatoms. The average molecular weight is 187 g/mol. The van der Waals surface area contributed by atoms with Crippen molar-refractivity contribution in [3.8, 4) is 0 Å². The number of nitrogens with zero attached hydrogens (tertiary/aromatic N) is 2. The van der Waals surface area contributed by atoms with E-state index in [9.17, 15) is 10.0 Å². The Morgan fingerprint density at radius 3 is 2.23 bits per heavy atom. The maximum atomic E-state index is 10.9. The molecule has 1 rings (SSSR count). The third-order valence-electron chi connectivity index (χ3n) is 2.12. The van der Waals surface area contributed by atoms with Gasteiger partial charge in [-0.15, -0.1) is 0 Å². The normalized spacial score (nSPS) is 19.7. The number of hydrogen-bond acceptors (Lipinski definition) is 3. The summed E-state index contributed by atoms with van der Waals surface area (Å²) in [6.45, 7) is 6.07. The summed E-state index contributed by atoms with van der Waals surface area (Å²) >= 11 is 0. The van der Waals surface area contributed by atoms with Crippen molar-refractivity contribution in [2.75, 3.05) is 13.1 Å². The molecule has 1 N–H and O–H groups in total. The van der Waals surface area contributed by atoms with Crippen LogP contribution in [0.15, 0.2) is 0 Å². The minimum atomic E-state index is -0.953. The Labute approximate surface area is 77.5 Å². The molecule has 0 spiro atoms. The van der Waals surface area contributed by atoms with Gasteiger partial charge in [0, 0.05) is 18.6 Å². The summed E-state index contributed by atoms with van der Waals surface area (Å²) < 4.78 is 0. The zero-order valence-corrected chi connectivity index (χ0v) is 8.15. The minimum absolute atomic E-state index is 0.144. The van der Waals surface area contributed by atoms with E-state index in [1.807, 2.05) is 20.8 Å². The molecule has 0 aromatic heterocycles. The molecule has 1 aliphatic heterocycles. The second-order valence-corrected chi connectivity index (χ2v) is 4.32. The van der Waals surface area contributed by atoms with Crippen LogP contribution in [-0.2, 0) is 0 Å². The summed E-state index contributed by atoms with van der Waals surface area (Å²) in [5.41, 5.74) is -0.433. The molecule has 1 heterocycles. The summed E-state index contributed by atoms with van der Waals surface area (Å²) in [5.74, 6) is 0. The van der Waals surface area contributed by atoms with Crippen molar-refractivity contribution in [1.82, 2.24) is 9.96 Å². The van der Waals surface area contributed by atoms with Crippen molar-refractivity contribution >= 4 is 6.09 Å². The highest BCUT2D eigenvalue weighted by Crippen LogP contribution is 2.22. The molecule has 0 radical (unpaired) electrons. The summed E-state index contributed by atoms with van der Waals surface area (Å²) in [6.07, 6.45) is -0.953. The summed E-state index contributed by atoms with van der Waals surface area (Å²) in [4.78, 5) is 12.2. The average Bonchev–Trinajstić information content (AvgIpc) is 1.79. The second-order valence-electron chi connectivity index (χ2n) is 4.32. The molecule has 13 heavy (non-hydrogen) atoms.